The zero-order valence-electron chi connectivity index (χ0n) is 21.6. The van der Waals surface area contributed by atoms with Gasteiger partial charge in [-0.05, 0) is 44.5 Å². The van der Waals surface area contributed by atoms with Gasteiger partial charge in [0.1, 0.15) is 12.1 Å². The molecule has 2 amide bonds. The number of carbonyl (C=O) groups excluding carboxylic acids is 2. The lowest BCUT2D eigenvalue weighted by Crippen LogP contribution is -2.58. The van der Waals surface area contributed by atoms with E-state index >= 15 is 0 Å². The van der Waals surface area contributed by atoms with E-state index in [9.17, 15) is 9.59 Å². The first kappa shape index (κ1) is 27.3. The van der Waals surface area contributed by atoms with Gasteiger partial charge < -0.3 is 18.8 Å². The van der Waals surface area contributed by atoms with E-state index in [-0.39, 0.29) is 23.5 Å². The van der Waals surface area contributed by atoms with Gasteiger partial charge in [0.25, 0.3) is 0 Å². The average Bonchev–Trinajstić information content (AvgIpc) is 2.69. The number of carbonyl (C=O) groups is 2. The number of benzene rings is 1. The second-order valence-electron chi connectivity index (χ2n) is 11.2. The molecule has 2 rings (SSSR count). The standard InChI is InChI=1S/C25H42N2O5Si/c1-24(2,3)32-23(29)26-14-15-27(22(28)16-26)21(19-31-33(7,8)25(4,5)6)18-30-17-20-12-10-9-11-13-20/h9-13,21H,14-19H2,1-8H3. The summed E-state index contributed by atoms with van der Waals surface area (Å²) in [6.07, 6.45) is -0.454. The summed E-state index contributed by atoms with van der Waals surface area (Å²) in [6.45, 7) is 18.6. The van der Waals surface area contributed by atoms with Crippen LogP contribution in [-0.2, 0) is 25.3 Å². The van der Waals surface area contributed by atoms with E-state index in [1.165, 1.54) is 4.90 Å². The lowest BCUT2D eigenvalue weighted by molar-refractivity contribution is -0.141. The minimum Gasteiger partial charge on any atom is -0.444 e. The summed E-state index contributed by atoms with van der Waals surface area (Å²) in [5, 5.41) is 0.0713. The van der Waals surface area contributed by atoms with Crippen LogP contribution in [0.1, 0.15) is 47.1 Å². The molecule has 1 heterocycles. The maximum absolute atomic E-state index is 13.0. The van der Waals surface area contributed by atoms with Gasteiger partial charge in [-0.3, -0.25) is 9.69 Å². The Morgan fingerprint density at radius 2 is 1.67 bits per heavy atom. The normalized spacial score (nSPS) is 16.7. The summed E-state index contributed by atoms with van der Waals surface area (Å²) in [5.74, 6) is -0.112. The molecule has 0 bridgehead atoms. The van der Waals surface area contributed by atoms with Gasteiger partial charge in [0.05, 0.1) is 25.9 Å². The number of rotatable bonds is 8. The summed E-state index contributed by atoms with van der Waals surface area (Å²) < 4.78 is 17.9. The van der Waals surface area contributed by atoms with Gasteiger partial charge in [0.2, 0.25) is 5.91 Å². The average molecular weight is 479 g/mol. The SMILES string of the molecule is CC(C)(C)OC(=O)N1CCN(C(COCc2ccccc2)CO[Si](C)(C)C(C)(C)C)C(=O)C1. The molecule has 1 aromatic rings. The van der Waals surface area contributed by atoms with Crippen molar-refractivity contribution in [3.8, 4) is 0 Å². The molecule has 1 unspecified atom stereocenters. The van der Waals surface area contributed by atoms with E-state index in [1.54, 1.807) is 4.90 Å². The molecule has 0 spiro atoms. The van der Waals surface area contributed by atoms with E-state index in [1.807, 2.05) is 51.1 Å². The lowest BCUT2D eigenvalue weighted by atomic mass is 10.2. The summed E-state index contributed by atoms with van der Waals surface area (Å²) in [7, 11) is -1.99. The molecule has 1 aromatic carbocycles. The van der Waals surface area contributed by atoms with E-state index in [2.05, 4.69) is 33.9 Å². The van der Waals surface area contributed by atoms with Crippen LogP contribution < -0.4 is 0 Å². The van der Waals surface area contributed by atoms with Crippen molar-refractivity contribution in [3.05, 3.63) is 35.9 Å². The highest BCUT2D eigenvalue weighted by Crippen LogP contribution is 2.36. The molecule has 7 nitrogen and oxygen atoms in total. The van der Waals surface area contributed by atoms with Gasteiger partial charge in [-0.25, -0.2) is 4.79 Å². The Balaban J connectivity index is 2.05. The Morgan fingerprint density at radius 1 is 1.03 bits per heavy atom. The third kappa shape index (κ3) is 8.43. The van der Waals surface area contributed by atoms with E-state index in [0.717, 1.165) is 5.56 Å². The minimum absolute atomic E-state index is 0.00416. The summed E-state index contributed by atoms with van der Waals surface area (Å²) >= 11 is 0. The van der Waals surface area contributed by atoms with Gasteiger partial charge in [0, 0.05) is 13.1 Å². The van der Waals surface area contributed by atoms with Crippen molar-refractivity contribution in [2.45, 2.75) is 77.9 Å². The molecule has 1 aliphatic rings. The zero-order valence-corrected chi connectivity index (χ0v) is 22.6. The van der Waals surface area contributed by atoms with Crippen LogP contribution in [0, 0.1) is 0 Å². The van der Waals surface area contributed by atoms with Crippen LogP contribution >= 0.6 is 0 Å². The van der Waals surface area contributed by atoms with Gasteiger partial charge in [0.15, 0.2) is 8.32 Å². The van der Waals surface area contributed by atoms with Crippen LogP contribution in [0.3, 0.4) is 0 Å². The van der Waals surface area contributed by atoms with Crippen molar-refractivity contribution in [2.75, 3.05) is 32.8 Å². The molecule has 8 heteroatoms. The Bertz CT molecular complexity index is 786. The predicted molar refractivity (Wildman–Crippen MR) is 133 cm³/mol. The lowest BCUT2D eigenvalue weighted by Gasteiger charge is -2.42. The zero-order chi connectivity index (χ0) is 24.9. The molecule has 1 saturated heterocycles. The Morgan fingerprint density at radius 3 is 2.21 bits per heavy atom. The highest BCUT2D eigenvalue weighted by molar-refractivity contribution is 6.74. The molecular weight excluding hydrogens is 436 g/mol. The second kappa shape index (κ2) is 11.0. The van der Waals surface area contributed by atoms with Crippen molar-refractivity contribution < 1.29 is 23.5 Å². The molecular formula is C25H42N2O5Si. The van der Waals surface area contributed by atoms with Crippen molar-refractivity contribution in [1.29, 1.82) is 0 Å². The number of hydrogen-bond donors (Lipinski definition) is 0. The molecule has 0 aliphatic carbocycles. The summed E-state index contributed by atoms with van der Waals surface area (Å²) in [5.41, 5.74) is 0.491. The quantitative estimate of drug-likeness (QED) is 0.508. The molecule has 0 radical (unpaired) electrons. The number of hydrogen-bond acceptors (Lipinski definition) is 5. The molecule has 1 atom stereocenters. The number of piperazine rings is 1. The maximum atomic E-state index is 13.0. The first-order valence-electron chi connectivity index (χ1n) is 11.7. The third-order valence-electron chi connectivity index (χ3n) is 6.21. The van der Waals surface area contributed by atoms with Crippen LogP contribution in [0.25, 0.3) is 0 Å². The maximum Gasteiger partial charge on any atom is 0.410 e. The third-order valence-corrected chi connectivity index (χ3v) is 10.7. The van der Waals surface area contributed by atoms with Crippen molar-refractivity contribution >= 4 is 20.3 Å². The fourth-order valence-electron chi connectivity index (χ4n) is 3.19. The molecule has 186 valence electrons. The molecule has 0 aromatic heterocycles. The molecule has 0 N–H and O–H groups in total. The molecule has 1 fully saturated rings. The number of amides is 2. The van der Waals surface area contributed by atoms with Crippen molar-refractivity contribution in [3.63, 3.8) is 0 Å². The Kier molecular flexibility index (Phi) is 9.13. The summed E-state index contributed by atoms with van der Waals surface area (Å²) in [4.78, 5) is 28.7. The highest BCUT2D eigenvalue weighted by atomic mass is 28.4. The van der Waals surface area contributed by atoms with Gasteiger partial charge in [-0.1, -0.05) is 51.1 Å². The Labute approximate surface area is 200 Å². The first-order chi connectivity index (χ1) is 15.2. The van der Waals surface area contributed by atoms with Gasteiger partial charge >= 0.3 is 6.09 Å². The molecule has 1 aliphatic heterocycles. The fourth-order valence-corrected chi connectivity index (χ4v) is 4.23. The van der Waals surface area contributed by atoms with E-state index < -0.39 is 20.0 Å². The van der Waals surface area contributed by atoms with Crippen molar-refractivity contribution in [2.24, 2.45) is 0 Å². The second-order valence-corrected chi connectivity index (χ2v) is 16.0. The number of ether oxygens (including phenoxy) is 2. The Hall–Kier alpha value is -1.90. The first-order valence-corrected chi connectivity index (χ1v) is 14.6. The molecule has 33 heavy (non-hydrogen) atoms. The van der Waals surface area contributed by atoms with Crippen LogP contribution in [0.2, 0.25) is 18.1 Å². The monoisotopic (exact) mass is 478 g/mol. The number of nitrogens with zero attached hydrogens (tertiary/aromatic N) is 2. The van der Waals surface area contributed by atoms with Crippen LogP contribution in [-0.4, -0.2) is 74.6 Å². The van der Waals surface area contributed by atoms with Gasteiger partial charge in [-0.15, -0.1) is 0 Å². The fraction of sp³-hybridized carbons (Fsp3) is 0.680. The largest absolute Gasteiger partial charge is 0.444 e. The van der Waals surface area contributed by atoms with Gasteiger partial charge in [-0.2, -0.15) is 0 Å². The highest BCUT2D eigenvalue weighted by Gasteiger charge is 2.39. The minimum atomic E-state index is -1.99. The van der Waals surface area contributed by atoms with Crippen LogP contribution in [0.15, 0.2) is 30.3 Å². The van der Waals surface area contributed by atoms with Crippen LogP contribution in [0.5, 0.6) is 0 Å². The predicted octanol–water partition coefficient (Wildman–Crippen LogP) is 4.67. The van der Waals surface area contributed by atoms with Crippen molar-refractivity contribution in [1.82, 2.24) is 9.80 Å². The van der Waals surface area contributed by atoms with Crippen LogP contribution in [0.4, 0.5) is 4.79 Å². The molecule has 0 saturated carbocycles. The summed E-state index contributed by atoms with van der Waals surface area (Å²) in [6, 6.07) is 9.77. The van der Waals surface area contributed by atoms with E-state index in [0.29, 0.717) is 32.9 Å². The smallest absolute Gasteiger partial charge is 0.410 e. The topological polar surface area (TPSA) is 68.3 Å². The van der Waals surface area contributed by atoms with E-state index in [4.69, 9.17) is 13.9 Å².